The summed E-state index contributed by atoms with van der Waals surface area (Å²) < 4.78 is 1.98. The van der Waals surface area contributed by atoms with E-state index in [9.17, 15) is 4.79 Å². The van der Waals surface area contributed by atoms with Gasteiger partial charge in [0.1, 0.15) is 15.5 Å². The first-order chi connectivity index (χ1) is 12.2. The molecule has 4 heterocycles. The van der Waals surface area contributed by atoms with Crippen LogP contribution in [-0.2, 0) is 6.42 Å². The molecular weight excluding hydrogens is 352 g/mol. The molecule has 0 saturated carbocycles. The van der Waals surface area contributed by atoms with E-state index in [0.717, 1.165) is 26.9 Å². The molecule has 0 spiro atoms. The lowest BCUT2D eigenvalue weighted by Gasteiger charge is -2.02. The van der Waals surface area contributed by atoms with Crippen molar-refractivity contribution in [3.05, 3.63) is 64.4 Å². The quantitative estimate of drug-likeness (QED) is 0.583. The van der Waals surface area contributed by atoms with E-state index in [-0.39, 0.29) is 5.91 Å². The lowest BCUT2D eigenvalue weighted by molar-refractivity contribution is 0.0957. The second-order valence-corrected chi connectivity index (χ2v) is 7.56. The predicted molar refractivity (Wildman–Crippen MR) is 101 cm³/mol. The molecule has 0 aliphatic rings. The van der Waals surface area contributed by atoms with Crippen LogP contribution in [0.2, 0.25) is 0 Å². The van der Waals surface area contributed by atoms with Crippen LogP contribution >= 0.6 is 22.7 Å². The third-order valence-corrected chi connectivity index (χ3v) is 6.01. The van der Waals surface area contributed by atoms with Crippen molar-refractivity contribution in [1.29, 1.82) is 0 Å². The molecule has 126 valence electrons. The first-order valence-electron chi connectivity index (χ1n) is 7.93. The molecule has 4 aromatic rings. The van der Waals surface area contributed by atoms with Crippen molar-refractivity contribution in [3.63, 3.8) is 0 Å². The van der Waals surface area contributed by atoms with Crippen LogP contribution in [0.3, 0.4) is 0 Å². The molecule has 0 unspecified atom stereocenters. The minimum Gasteiger partial charge on any atom is -0.351 e. The maximum Gasteiger partial charge on any atom is 0.263 e. The Morgan fingerprint density at radius 1 is 1.24 bits per heavy atom. The summed E-state index contributed by atoms with van der Waals surface area (Å²) in [7, 11) is 0. The van der Waals surface area contributed by atoms with E-state index in [1.165, 1.54) is 11.3 Å². The summed E-state index contributed by atoms with van der Waals surface area (Å²) in [4.78, 5) is 23.3. The number of carbonyl (C=O) groups is 1. The molecule has 7 heteroatoms. The molecule has 0 aromatic carbocycles. The molecule has 1 amide bonds. The number of aromatic nitrogens is 3. The van der Waals surface area contributed by atoms with Crippen molar-refractivity contribution in [2.24, 2.45) is 0 Å². The number of thiophene rings is 1. The minimum atomic E-state index is -0.0680. The van der Waals surface area contributed by atoms with Crippen molar-refractivity contribution in [1.82, 2.24) is 19.7 Å². The van der Waals surface area contributed by atoms with E-state index in [0.29, 0.717) is 17.8 Å². The van der Waals surface area contributed by atoms with Gasteiger partial charge in [-0.1, -0.05) is 12.1 Å². The van der Waals surface area contributed by atoms with E-state index in [2.05, 4.69) is 15.3 Å². The van der Waals surface area contributed by atoms with Crippen molar-refractivity contribution in [2.45, 2.75) is 13.3 Å². The molecule has 0 saturated heterocycles. The molecule has 1 N–H and O–H groups in total. The zero-order valence-corrected chi connectivity index (χ0v) is 15.2. The van der Waals surface area contributed by atoms with Crippen LogP contribution in [0, 0.1) is 6.92 Å². The number of rotatable bonds is 5. The third-order valence-electron chi connectivity index (χ3n) is 3.82. The van der Waals surface area contributed by atoms with Crippen LogP contribution in [0.4, 0.5) is 0 Å². The summed E-state index contributed by atoms with van der Waals surface area (Å²) >= 11 is 3.08. The van der Waals surface area contributed by atoms with Crippen LogP contribution in [0.1, 0.15) is 21.1 Å². The first kappa shape index (κ1) is 16.0. The summed E-state index contributed by atoms with van der Waals surface area (Å²) in [6, 6.07) is 9.91. The Bertz CT molecular complexity index is 984. The lowest BCUT2D eigenvalue weighted by atomic mass is 10.3. The van der Waals surface area contributed by atoms with Gasteiger partial charge >= 0.3 is 0 Å². The number of amides is 1. The monoisotopic (exact) mass is 368 g/mol. The number of pyridine rings is 1. The number of hydrogen-bond acceptors (Lipinski definition) is 5. The van der Waals surface area contributed by atoms with Crippen LogP contribution in [-0.4, -0.2) is 26.8 Å². The minimum absolute atomic E-state index is 0.0680. The van der Waals surface area contributed by atoms with E-state index in [4.69, 9.17) is 0 Å². The van der Waals surface area contributed by atoms with Gasteiger partial charge in [0.15, 0.2) is 0 Å². The maximum absolute atomic E-state index is 12.4. The fourth-order valence-electron chi connectivity index (χ4n) is 2.60. The van der Waals surface area contributed by atoms with Crippen LogP contribution in [0.15, 0.2) is 48.1 Å². The molecule has 4 rings (SSSR count). The van der Waals surface area contributed by atoms with Gasteiger partial charge in [0.25, 0.3) is 5.91 Å². The number of imidazole rings is 1. The molecule has 0 fully saturated rings. The van der Waals surface area contributed by atoms with E-state index in [1.54, 1.807) is 11.3 Å². The first-order valence-corrected chi connectivity index (χ1v) is 9.62. The summed E-state index contributed by atoms with van der Waals surface area (Å²) in [5.41, 5.74) is 2.66. The largest absolute Gasteiger partial charge is 0.351 e. The molecule has 0 aliphatic heterocycles. The van der Waals surface area contributed by atoms with Gasteiger partial charge in [0, 0.05) is 25.4 Å². The number of nitrogens with one attached hydrogen (secondary N) is 1. The summed E-state index contributed by atoms with van der Waals surface area (Å²) in [6.07, 6.45) is 4.66. The summed E-state index contributed by atoms with van der Waals surface area (Å²) in [6.45, 7) is 2.43. The number of hydrogen-bond donors (Lipinski definition) is 1. The van der Waals surface area contributed by atoms with Crippen LogP contribution < -0.4 is 5.32 Å². The van der Waals surface area contributed by atoms with Crippen LogP contribution in [0.25, 0.3) is 15.5 Å². The lowest BCUT2D eigenvalue weighted by Crippen LogP contribution is -2.25. The molecule has 0 aliphatic carbocycles. The Hall–Kier alpha value is -2.51. The van der Waals surface area contributed by atoms with Gasteiger partial charge in [-0.05, 0) is 30.5 Å². The highest BCUT2D eigenvalue weighted by Gasteiger charge is 2.16. The number of fused-ring (bicyclic) bond motifs is 1. The van der Waals surface area contributed by atoms with Crippen molar-refractivity contribution in [2.75, 3.05) is 6.54 Å². The van der Waals surface area contributed by atoms with Gasteiger partial charge in [-0.15, -0.1) is 22.7 Å². The van der Waals surface area contributed by atoms with E-state index < -0.39 is 0 Å². The number of nitrogens with zero attached hydrogens (tertiary/aromatic N) is 3. The van der Waals surface area contributed by atoms with Gasteiger partial charge in [-0.25, -0.2) is 9.97 Å². The SMILES string of the molecule is Cc1nc(-c2cccs2)sc1C(=O)NCCc1cn2ccccc2n1. The summed E-state index contributed by atoms with van der Waals surface area (Å²) in [5, 5.41) is 5.89. The molecule has 4 aromatic heterocycles. The van der Waals surface area contributed by atoms with Gasteiger partial charge in [-0.2, -0.15) is 0 Å². The second kappa shape index (κ2) is 6.78. The average Bonchev–Trinajstić information content (AvgIpc) is 3.33. The Morgan fingerprint density at radius 3 is 2.96 bits per heavy atom. The van der Waals surface area contributed by atoms with Gasteiger partial charge < -0.3 is 9.72 Å². The molecule has 0 atom stereocenters. The van der Waals surface area contributed by atoms with Crippen molar-refractivity contribution >= 4 is 34.2 Å². The zero-order chi connectivity index (χ0) is 17.2. The fourth-order valence-corrected chi connectivity index (χ4v) is 4.38. The Labute approximate surface area is 153 Å². The molecular formula is C18H16N4OS2. The zero-order valence-electron chi connectivity index (χ0n) is 13.6. The highest BCUT2D eigenvalue weighted by Crippen LogP contribution is 2.30. The van der Waals surface area contributed by atoms with Gasteiger partial charge in [0.2, 0.25) is 0 Å². The third kappa shape index (κ3) is 3.33. The van der Waals surface area contributed by atoms with Crippen molar-refractivity contribution < 1.29 is 4.79 Å². The number of aryl methyl sites for hydroxylation is 1. The normalized spacial score (nSPS) is 11.1. The smallest absolute Gasteiger partial charge is 0.263 e. The highest BCUT2D eigenvalue weighted by molar-refractivity contribution is 7.22. The van der Waals surface area contributed by atoms with Gasteiger partial charge in [0.05, 0.1) is 16.3 Å². The topological polar surface area (TPSA) is 59.3 Å². The van der Waals surface area contributed by atoms with Gasteiger partial charge in [-0.3, -0.25) is 4.79 Å². The Balaban J connectivity index is 1.40. The number of thiazole rings is 1. The van der Waals surface area contributed by atoms with E-state index in [1.807, 2.05) is 59.4 Å². The molecule has 0 bridgehead atoms. The van der Waals surface area contributed by atoms with Crippen molar-refractivity contribution in [3.8, 4) is 9.88 Å². The summed E-state index contributed by atoms with van der Waals surface area (Å²) in [5.74, 6) is -0.0680. The molecule has 0 radical (unpaired) electrons. The molecule has 25 heavy (non-hydrogen) atoms. The Kier molecular flexibility index (Phi) is 4.33. The standard InChI is InChI=1S/C18H16N4OS2/c1-12-16(25-18(20-12)14-5-4-10-24-14)17(23)19-8-7-13-11-22-9-3-2-6-15(22)21-13/h2-6,9-11H,7-8H2,1H3,(H,19,23). The second-order valence-electron chi connectivity index (χ2n) is 5.62. The maximum atomic E-state index is 12.4. The predicted octanol–water partition coefficient (Wildman–Crippen LogP) is 3.80. The van der Waals surface area contributed by atoms with E-state index >= 15 is 0 Å². The average molecular weight is 368 g/mol. The Morgan fingerprint density at radius 2 is 2.16 bits per heavy atom. The number of carbonyl (C=O) groups excluding carboxylic acids is 1. The molecule has 5 nitrogen and oxygen atoms in total. The van der Waals surface area contributed by atoms with Crippen LogP contribution in [0.5, 0.6) is 0 Å². The fraction of sp³-hybridized carbons (Fsp3) is 0.167. The highest BCUT2D eigenvalue weighted by atomic mass is 32.1.